The molecule has 0 radical (unpaired) electrons. The Labute approximate surface area is 114 Å². The van der Waals surface area contributed by atoms with Crippen LogP contribution in [0.3, 0.4) is 0 Å². The lowest BCUT2D eigenvalue weighted by atomic mass is 10.2. The number of aromatic nitrogens is 3. The van der Waals surface area contributed by atoms with Crippen LogP contribution in [0.5, 0.6) is 0 Å². The second kappa shape index (κ2) is 4.18. The third kappa shape index (κ3) is 1.72. The highest BCUT2D eigenvalue weighted by Crippen LogP contribution is 2.28. The molecule has 90 valence electrons. The van der Waals surface area contributed by atoms with E-state index < -0.39 is 5.97 Å². The van der Waals surface area contributed by atoms with Crippen LogP contribution in [0, 0.1) is 0 Å². The molecule has 0 aliphatic carbocycles. The molecule has 0 atom stereocenters. The zero-order valence-electron chi connectivity index (χ0n) is 8.87. The van der Waals surface area contributed by atoms with E-state index in [0.717, 1.165) is 8.79 Å². The SMILES string of the molecule is O=C(O)c1cncc2c1cnn2-c1ccc(Br)s1. The largest absolute Gasteiger partial charge is 0.478 e. The summed E-state index contributed by atoms with van der Waals surface area (Å²) in [4.78, 5) is 15.0. The predicted molar refractivity (Wildman–Crippen MR) is 71.4 cm³/mol. The number of thiophene rings is 1. The fourth-order valence-electron chi connectivity index (χ4n) is 1.71. The van der Waals surface area contributed by atoms with E-state index in [-0.39, 0.29) is 5.56 Å². The van der Waals surface area contributed by atoms with Crippen LogP contribution in [0.2, 0.25) is 0 Å². The van der Waals surface area contributed by atoms with Crippen molar-refractivity contribution in [2.45, 2.75) is 0 Å². The molecule has 0 saturated heterocycles. The van der Waals surface area contributed by atoms with Crippen LogP contribution in [0.4, 0.5) is 0 Å². The van der Waals surface area contributed by atoms with Crippen LogP contribution in [0.1, 0.15) is 10.4 Å². The van der Waals surface area contributed by atoms with Gasteiger partial charge in [0.15, 0.2) is 0 Å². The van der Waals surface area contributed by atoms with E-state index in [0.29, 0.717) is 10.9 Å². The van der Waals surface area contributed by atoms with Gasteiger partial charge in [-0.25, -0.2) is 9.48 Å². The summed E-state index contributed by atoms with van der Waals surface area (Å²) >= 11 is 4.90. The van der Waals surface area contributed by atoms with Gasteiger partial charge >= 0.3 is 5.97 Å². The summed E-state index contributed by atoms with van der Waals surface area (Å²) in [5, 5.41) is 14.8. The number of rotatable bonds is 2. The number of carbonyl (C=O) groups is 1. The van der Waals surface area contributed by atoms with E-state index in [1.165, 1.54) is 17.5 Å². The lowest BCUT2D eigenvalue weighted by molar-refractivity contribution is 0.0698. The highest BCUT2D eigenvalue weighted by atomic mass is 79.9. The van der Waals surface area contributed by atoms with E-state index in [2.05, 4.69) is 26.0 Å². The van der Waals surface area contributed by atoms with Crippen molar-refractivity contribution in [3.05, 3.63) is 40.1 Å². The molecule has 0 fully saturated rings. The average Bonchev–Trinajstić information content (AvgIpc) is 2.93. The molecule has 3 aromatic heterocycles. The predicted octanol–water partition coefficient (Wildman–Crippen LogP) is 2.94. The van der Waals surface area contributed by atoms with Gasteiger partial charge in [0.2, 0.25) is 0 Å². The summed E-state index contributed by atoms with van der Waals surface area (Å²) in [6.07, 6.45) is 4.50. The Hall–Kier alpha value is -1.73. The van der Waals surface area contributed by atoms with Crippen molar-refractivity contribution >= 4 is 44.1 Å². The molecule has 5 nitrogen and oxygen atoms in total. The highest BCUT2D eigenvalue weighted by Gasteiger charge is 2.14. The summed E-state index contributed by atoms with van der Waals surface area (Å²) in [7, 11) is 0. The number of hydrogen-bond donors (Lipinski definition) is 1. The molecule has 1 N–H and O–H groups in total. The first-order chi connectivity index (χ1) is 8.66. The van der Waals surface area contributed by atoms with Gasteiger partial charge in [0.1, 0.15) is 5.00 Å². The van der Waals surface area contributed by atoms with Crippen molar-refractivity contribution < 1.29 is 9.90 Å². The number of fused-ring (bicyclic) bond motifs is 1. The minimum atomic E-state index is -1.000. The van der Waals surface area contributed by atoms with E-state index in [9.17, 15) is 4.79 Å². The minimum Gasteiger partial charge on any atom is -0.478 e. The monoisotopic (exact) mass is 323 g/mol. The van der Waals surface area contributed by atoms with Crippen LogP contribution >= 0.6 is 27.3 Å². The van der Waals surface area contributed by atoms with Gasteiger partial charge in [0.05, 0.1) is 27.3 Å². The molecule has 3 heterocycles. The van der Waals surface area contributed by atoms with Gasteiger partial charge in [0, 0.05) is 11.6 Å². The van der Waals surface area contributed by atoms with Gasteiger partial charge in [0.25, 0.3) is 0 Å². The van der Waals surface area contributed by atoms with Crippen LogP contribution in [0.15, 0.2) is 34.5 Å². The van der Waals surface area contributed by atoms with Crippen molar-refractivity contribution in [3.63, 3.8) is 0 Å². The summed E-state index contributed by atoms with van der Waals surface area (Å²) in [6.45, 7) is 0. The van der Waals surface area contributed by atoms with Gasteiger partial charge in [-0.05, 0) is 28.1 Å². The van der Waals surface area contributed by atoms with Crippen molar-refractivity contribution in [2.24, 2.45) is 0 Å². The number of nitrogens with zero attached hydrogens (tertiary/aromatic N) is 3. The third-order valence-corrected chi connectivity index (χ3v) is 4.09. The van der Waals surface area contributed by atoms with Crippen molar-refractivity contribution in [1.82, 2.24) is 14.8 Å². The third-order valence-electron chi connectivity index (χ3n) is 2.50. The molecular weight excluding hydrogens is 318 g/mol. The number of pyridine rings is 1. The summed E-state index contributed by atoms with van der Waals surface area (Å²) in [5.74, 6) is -1.000. The quantitative estimate of drug-likeness (QED) is 0.787. The van der Waals surface area contributed by atoms with Crippen molar-refractivity contribution in [1.29, 1.82) is 0 Å². The van der Waals surface area contributed by atoms with Gasteiger partial charge in [-0.2, -0.15) is 5.10 Å². The Morgan fingerprint density at radius 3 is 2.83 bits per heavy atom. The number of aromatic carboxylic acids is 1. The summed E-state index contributed by atoms with van der Waals surface area (Å²) < 4.78 is 2.67. The molecule has 0 aliphatic rings. The molecule has 0 unspecified atom stereocenters. The Morgan fingerprint density at radius 1 is 1.33 bits per heavy atom. The zero-order valence-corrected chi connectivity index (χ0v) is 11.3. The van der Waals surface area contributed by atoms with E-state index >= 15 is 0 Å². The van der Waals surface area contributed by atoms with Gasteiger partial charge < -0.3 is 5.11 Å². The van der Waals surface area contributed by atoms with Crippen LogP contribution in [-0.2, 0) is 0 Å². The fourth-order valence-corrected chi connectivity index (χ4v) is 3.04. The van der Waals surface area contributed by atoms with Crippen LogP contribution < -0.4 is 0 Å². The molecule has 0 aliphatic heterocycles. The van der Waals surface area contributed by atoms with Crippen LogP contribution in [-0.4, -0.2) is 25.8 Å². The maximum absolute atomic E-state index is 11.1. The first-order valence-electron chi connectivity index (χ1n) is 4.97. The summed E-state index contributed by atoms with van der Waals surface area (Å²) in [5.41, 5.74) is 0.846. The Bertz CT molecular complexity index is 750. The topological polar surface area (TPSA) is 68.0 Å². The lowest BCUT2D eigenvalue weighted by Gasteiger charge is -1.99. The molecule has 0 spiro atoms. The molecule has 0 saturated carbocycles. The fraction of sp³-hybridized carbons (Fsp3) is 0. The second-order valence-electron chi connectivity index (χ2n) is 3.56. The Morgan fingerprint density at radius 2 is 2.17 bits per heavy atom. The molecule has 0 aromatic carbocycles. The maximum Gasteiger partial charge on any atom is 0.338 e. The number of halogens is 1. The number of carboxylic acid groups (broad SMARTS) is 1. The van der Waals surface area contributed by atoms with Crippen molar-refractivity contribution in [3.8, 4) is 5.00 Å². The molecule has 3 aromatic rings. The first-order valence-corrected chi connectivity index (χ1v) is 6.58. The van der Waals surface area contributed by atoms with Crippen molar-refractivity contribution in [2.75, 3.05) is 0 Å². The zero-order chi connectivity index (χ0) is 12.7. The first kappa shape index (κ1) is 11.4. The van der Waals surface area contributed by atoms with E-state index in [4.69, 9.17) is 5.11 Å². The normalized spacial score (nSPS) is 10.9. The van der Waals surface area contributed by atoms with E-state index in [1.807, 2.05) is 12.1 Å². The number of hydrogen-bond acceptors (Lipinski definition) is 4. The lowest BCUT2D eigenvalue weighted by Crippen LogP contribution is -1.98. The molecule has 7 heteroatoms. The van der Waals surface area contributed by atoms with E-state index in [1.54, 1.807) is 17.1 Å². The molecule has 0 amide bonds. The maximum atomic E-state index is 11.1. The standard InChI is InChI=1S/C11H6BrN3O2S/c12-9-1-2-10(18-9)15-8-5-13-3-7(11(16)17)6(8)4-14-15/h1-5H,(H,16,17). The van der Waals surface area contributed by atoms with Gasteiger partial charge in [-0.3, -0.25) is 4.98 Å². The minimum absolute atomic E-state index is 0.161. The molecule has 3 rings (SSSR count). The average molecular weight is 324 g/mol. The smallest absolute Gasteiger partial charge is 0.338 e. The second-order valence-corrected chi connectivity index (χ2v) is 6.00. The molecule has 18 heavy (non-hydrogen) atoms. The summed E-state index contributed by atoms with van der Waals surface area (Å²) in [6, 6.07) is 3.83. The van der Waals surface area contributed by atoms with Gasteiger partial charge in [-0.15, -0.1) is 11.3 Å². The Balaban J connectivity index is 2.27. The highest BCUT2D eigenvalue weighted by molar-refractivity contribution is 9.11. The van der Waals surface area contributed by atoms with Gasteiger partial charge in [-0.1, -0.05) is 0 Å². The number of carboxylic acids is 1. The molecule has 0 bridgehead atoms. The van der Waals surface area contributed by atoms with Crippen LogP contribution in [0.25, 0.3) is 15.9 Å². The molecular formula is C11H6BrN3O2S. The Kier molecular flexibility index (Phi) is 2.64.